The van der Waals surface area contributed by atoms with Crippen LogP contribution in [-0.2, 0) is 17.1 Å². The lowest BCUT2D eigenvalue weighted by Crippen LogP contribution is -2.11. The van der Waals surface area contributed by atoms with Crippen LogP contribution in [0.3, 0.4) is 0 Å². The predicted octanol–water partition coefficient (Wildman–Crippen LogP) is 4.85. The van der Waals surface area contributed by atoms with Gasteiger partial charge in [-0.3, -0.25) is 0 Å². The highest BCUT2D eigenvalue weighted by molar-refractivity contribution is 7.62. The van der Waals surface area contributed by atoms with Crippen molar-refractivity contribution < 1.29 is 8.98 Å². The van der Waals surface area contributed by atoms with Gasteiger partial charge in [-0.2, -0.15) is 0 Å². The number of pyridine rings is 1. The molecule has 3 heterocycles. The minimum Gasteiger partial charge on any atom is -0.462 e. The first kappa shape index (κ1) is 13.8. The normalized spacial score (nSPS) is 21.0. The molecule has 22 heavy (non-hydrogen) atoms. The van der Waals surface area contributed by atoms with Gasteiger partial charge in [0.15, 0.2) is 5.58 Å². The van der Waals surface area contributed by atoms with E-state index in [9.17, 15) is 4.57 Å². The molecule has 0 saturated carbocycles. The lowest BCUT2D eigenvalue weighted by Gasteiger charge is -2.24. The van der Waals surface area contributed by atoms with Crippen LogP contribution in [0.25, 0.3) is 22.2 Å². The number of hydrogen-bond acceptors (Lipinski definition) is 3. The Balaban J connectivity index is 2.04. The van der Waals surface area contributed by atoms with Crippen molar-refractivity contribution >= 4 is 18.2 Å². The summed E-state index contributed by atoms with van der Waals surface area (Å²) in [5, 5.41) is 0. The summed E-state index contributed by atoms with van der Waals surface area (Å²) in [5.41, 5.74) is 7.31. The Morgan fingerprint density at radius 2 is 1.95 bits per heavy atom. The van der Waals surface area contributed by atoms with E-state index >= 15 is 0 Å². The van der Waals surface area contributed by atoms with Crippen LogP contribution in [0, 0.1) is 6.92 Å². The number of aryl methyl sites for hydroxylation is 2. The van der Waals surface area contributed by atoms with Gasteiger partial charge in [-0.25, -0.2) is 4.98 Å². The van der Waals surface area contributed by atoms with E-state index in [1.807, 2.05) is 12.7 Å². The van der Waals surface area contributed by atoms with E-state index < -0.39 is 7.14 Å². The number of fused-ring (bicyclic) bond motifs is 2. The number of hydrogen-bond donors (Lipinski definition) is 0. The minimum atomic E-state index is -2.12. The molecule has 0 saturated heterocycles. The van der Waals surface area contributed by atoms with Crippen LogP contribution < -0.4 is 0 Å². The molecule has 1 aliphatic heterocycles. The molecule has 0 spiro atoms. The first-order valence-electron chi connectivity index (χ1n) is 7.55. The highest BCUT2D eigenvalue weighted by Gasteiger charge is 2.29. The lowest BCUT2D eigenvalue weighted by molar-refractivity contribution is 0.574. The second-order valence-electron chi connectivity index (χ2n) is 6.34. The molecule has 1 aliphatic rings. The van der Waals surface area contributed by atoms with Gasteiger partial charge in [-0.15, -0.1) is 0 Å². The Bertz CT molecular complexity index is 909. The largest absolute Gasteiger partial charge is 0.462 e. The zero-order valence-electron chi connectivity index (χ0n) is 12.8. The summed E-state index contributed by atoms with van der Waals surface area (Å²) in [7, 11) is -2.12. The monoisotopic (exact) mass is 311 g/mol. The number of rotatable bonds is 1. The number of benzene rings is 1. The van der Waals surface area contributed by atoms with Crippen LogP contribution in [-0.4, -0.2) is 17.8 Å². The second-order valence-corrected chi connectivity index (χ2v) is 9.70. The minimum absolute atomic E-state index is 0.620. The molecule has 4 heteroatoms. The van der Waals surface area contributed by atoms with E-state index in [2.05, 4.69) is 31.2 Å². The Morgan fingerprint density at radius 3 is 2.73 bits per heavy atom. The quantitative estimate of drug-likeness (QED) is 0.603. The fraction of sp³-hybridized carbons (Fsp3) is 0.278. The van der Waals surface area contributed by atoms with Gasteiger partial charge in [0.25, 0.3) is 0 Å². The number of nitrogens with zero attached hydrogens (tertiary/aromatic N) is 1. The summed E-state index contributed by atoms with van der Waals surface area (Å²) in [6, 6.07) is 10.3. The van der Waals surface area contributed by atoms with Gasteiger partial charge >= 0.3 is 0 Å². The van der Waals surface area contributed by atoms with Crippen molar-refractivity contribution in [3.63, 3.8) is 0 Å². The van der Waals surface area contributed by atoms with Crippen LogP contribution in [0.2, 0.25) is 0 Å². The summed E-state index contributed by atoms with van der Waals surface area (Å²) in [6.45, 7) is 3.98. The second kappa shape index (κ2) is 4.82. The maximum absolute atomic E-state index is 12.7. The van der Waals surface area contributed by atoms with E-state index in [1.54, 1.807) is 6.26 Å². The predicted molar refractivity (Wildman–Crippen MR) is 90.0 cm³/mol. The summed E-state index contributed by atoms with van der Waals surface area (Å²) in [5.74, 6) is 0. The maximum Gasteiger partial charge on any atom is 0.160 e. The Labute approximate surface area is 129 Å². The zero-order chi connectivity index (χ0) is 15.3. The summed E-state index contributed by atoms with van der Waals surface area (Å²) in [6.07, 6.45) is 3.86. The average molecular weight is 311 g/mol. The topological polar surface area (TPSA) is 43.1 Å². The molecular weight excluding hydrogens is 293 g/mol. The Morgan fingerprint density at radius 1 is 1.18 bits per heavy atom. The van der Waals surface area contributed by atoms with Gasteiger partial charge < -0.3 is 8.98 Å². The molecule has 2 aromatic heterocycles. The maximum atomic E-state index is 12.7. The Kier molecular flexibility index (Phi) is 3.02. The molecule has 112 valence electrons. The molecule has 0 amide bonds. The van der Waals surface area contributed by atoms with Gasteiger partial charge in [-0.1, -0.05) is 29.8 Å². The van der Waals surface area contributed by atoms with Crippen molar-refractivity contribution in [1.82, 2.24) is 4.98 Å². The molecule has 1 aromatic carbocycles. The number of aromatic nitrogens is 1. The molecule has 0 radical (unpaired) electrons. The van der Waals surface area contributed by atoms with Gasteiger partial charge in [0.2, 0.25) is 0 Å². The van der Waals surface area contributed by atoms with Crippen LogP contribution in [0.4, 0.5) is 0 Å². The third-order valence-electron chi connectivity index (χ3n) is 4.43. The van der Waals surface area contributed by atoms with Crippen LogP contribution in [0.15, 0.2) is 41.0 Å². The van der Waals surface area contributed by atoms with E-state index in [4.69, 9.17) is 9.40 Å². The molecule has 3 nitrogen and oxygen atoms in total. The van der Waals surface area contributed by atoms with Crippen molar-refractivity contribution in [1.29, 1.82) is 0 Å². The highest BCUT2D eigenvalue weighted by atomic mass is 31.2. The van der Waals surface area contributed by atoms with Crippen LogP contribution in [0.5, 0.6) is 0 Å². The lowest BCUT2D eigenvalue weighted by atomic mass is 9.97. The van der Waals surface area contributed by atoms with Crippen molar-refractivity contribution in [3.05, 3.63) is 53.4 Å². The third kappa shape index (κ3) is 2.21. The average Bonchev–Trinajstić information content (AvgIpc) is 2.93. The molecule has 0 aliphatic carbocycles. The van der Waals surface area contributed by atoms with Crippen molar-refractivity contribution in [2.75, 3.05) is 12.8 Å². The van der Waals surface area contributed by atoms with Crippen LogP contribution in [0.1, 0.15) is 16.8 Å². The van der Waals surface area contributed by atoms with E-state index in [0.29, 0.717) is 6.16 Å². The van der Waals surface area contributed by atoms with Crippen molar-refractivity contribution in [2.45, 2.75) is 19.5 Å². The standard InChI is InChI=1S/C18H18NO2P/c1-12-3-5-13(6-4-12)17-14-11-22(2,20)10-8-15(14)19-16-7-9-21-18(16)17/h3-7,9H,8,10-11H2,1-2H3. The molecule has 4 rings (SSSR count). The van der Waals surface area contributed by atoms with Gasteiger partial charge in [-0.05, 0) is 31.1 Å². The fourth-order valence-corrected chi connectivity index (χ4v) is 5.08. The molecule has 1 unspecified atom stereocenters. The summed E-state index contributed by atoms with van der Waals surface area (Å²) in [4.78, 5) is 4.73. The number of furan rings is 1. The van der Waals surface area contributed by atoms with Crippen molar-refractivity contribution in [2.24, 2.45) is 0 Å². The fourth-order valence-electron chi connectivity index (χ4n) is 3.23. The SMILES string of the molecule is Cc1ccc(-c2c3c(nc4ccoc24)CCP(C)(=O)C3)cc1. The highest BCUT2D eigenvalue weighted by Crippen LogP contribution is 2.52. The third-order valence-corrected chi connectivity index (χ3v) is 6.59. The van der Waals surface area contributed by atoms with Crippen LogP contribution >= 0.6 is 7.14 Å². The van der Waals surface area contributed by atoms with Gasteiger partial charge in [0.05, 0.1) is 13.4 Å². The molecule has 0 fully saturated rings. The van der Waals surface area contributed by atoms with Crippen molar-refractivity contribution in [3.8, 4) is 11.1 Å². The molecule has 0 bridgehead atoms. The molecule has 0 N–H and O–H groups in total. The van der Waals surface area contributed by atoms with E-state index in [1.165, 1.54) is 5.56 Å². The molecule has 3 aromatic rings. The van der Waals surface area contributed by atoms with Gasteiger partial charge in [0.1, 0.15) is 5.52 Å². The van der Waals surface area contributed by atoms with E-state index in [-0.39, 0.29) is 0 Å². The zero-order valence-corrected chi connectivity index (χ0v) is 13.7. The smallest absolute Gasteiger partial charge is 0.160 e. The van der Waals surface area contributed by atoms with E-state index in [0.717, 1.165) is 46.1 Å². The first-order chi connectivity index (χ1) is 10.5. The molecular formula is C18H18NO2P. The summed E-state index contributed by atoms with van der Waals surface area (Å²) >= 11 is 0. The first-order valence-corrected chi connectivity index (χ1v) is 10.1. The Hall–Kier alpha value is -1.86. The molecule has 1 atom stereocenters. The van der Waals surface area contributed by atoms with Gasteiger partial charge in [0, 0.05) is 29.6 Å². The summed E-state index contributed by atoms with van der Waals surface area (Å²) < 4.78 is 18.4.